The van der Waals surface area contributed by atoms with E-state index < -0.39 is 0 Å². The Bertz CT molecular complexity index is 667. The number of carbonyl (C=O) groups is 2. The van der Waals surface area contributed by atoms with Crippen LogP contribution in [0.4, 0.5) is 5.69 Å². The molecule has 0 radical (unpaired) electrons. The molecule has 1 aromatic heterocycles. The molecule has 0 spiro atoms. The lowest BCUT2D eigenvalue weighted by Crippen LogP contribution is -2.27. The Morgan fingerprint density at radius 3 is 3.05 bits per heavy atom. The summed E-state index contributed by atoms with van der Waals surface area (Å²) >= 11 is 0. The molecule has 1 unspecified atom stereocenters. The maximum atomic E-state index is 12.1. The molecule has 20 heavy (non-hydrogen) atoms. The summed E-state index contributed by atoms with van der Waals surface area (Å²) in [5.41, 5.74) is 2.06. The molecule has 1 aliphatic rings. The van der Waals surface area contributed by atoms with E-state index in [0.717, 1.165) is 5.56 Å². The molecule has 0 saturated heterocycles. The molecule has 8 nitrogen and oxygen atoms in total. The highest BCUT2D eigenvalue weighted by atomic mass is 16.2. The summed E-state index contributed by atoms with van der Waals surface area (Å²) in [5.74, 6) is 0.0942. The van der Waals surface area contributed by atoms with Gasteiger partial charge < -0.3 is 10.6 Å². The molecule has 2 aromatic rings. The highest BCUT2D eigenvalue weighted by Crippen LogP contribution is 2.24. The van der Waals surface area contributed by atoms with Gasteiger partial charge in [0.2, 0.25) is 5.91 Å². The van der Waals surface area contributed by atoms with Crippen LogP contribution in [0.15, 0.2) is 18.2 Å². The lowest BCUT2D eigenvalue weighted by molar-refractivity contribution is -0.115. The Morgan fingerprint density at radius 1 is 1.45 bits per heavy atom. The van der Waals surface area contributed by atoms with Crippen LogP contribution in [0.5, 0.6) is 0 Å². The van der Waals surface area contributed by atoms with E-state index in [0.29, 0.717) is 23.5 Å². The Morgan fingerprint density at radius 2 is 2.30 bits per heavy atom. The van der Waals surface area contributed by atoms with Gasteiger partial charge in [-0.25, -0.2) is 0 Å². The van der Waals surface area contributed by atoms with Gasteiger partial charge >= 0.3 is 0 Å². The Balaban J connectivity index is 1.75. The zero-order valence-corrected chi connectivity index (χ0v) is 10.7. The van der Waals surface area contributed by atoms with Gasteiger partial charge in [0.15, 0.2) is 5.82 Å². The van der Waals surface area contributed by atoms with Crippen molar-refractivity contribution in [2.45, 2.75) is 19.4 Å². The maximum absolute atomic E-state index is 12.1. The number of anilines is 1. The second-order valence-corrected chi connectivity index (χ2v) is 4.56. The Kier molecular flexibility index (Phi) is 2.90. The van der Waals surface area contributed by atoms with Crippen molar-refractivity contribution in [2.75, 3.05) is 5.32 Å². The molecule has 1 aromatic carbocycles. The number of fused-ring (bicyclic) bond motifs is 1. The lowest BCUT2D eigenvalue weighted by atomic mass is 10.1. The second-order valence-electron chi connectivity index (χ2n) is 4.56. The van der Waals surface area contributed by atoms with Crippen LogP contribution in [0.25, 0.3) is 0 Å². The summed E-state index contributed by atoms with van der Waals surface area (Å²) in [7, 11) is 0. The summed E-state index contributed by atoms with van der Waals surface area (Å²) in [4.78, 5) is 23.4. The zero-order valence-electron chi connectivity index (χ0n) is 10.7. The molecule has 102 valence electrons. The number of H-pyrrole nitrogens is 1. The molecule has 0 fully saturated rings. The number of aromatic amines is 1. The van der Waals surface area contributed by atoms with Crippen molar-refractivity contribution in [3.63, 3.8) is 0 Å². The molecule has 1 atom stereocenters. The summed E-state index contributed by atoms with van der Waals surface area (Å²) in [6.45, 7) is 1.76. The van der Waals surface area contributed by atoms with Crippen molar-refractivity contribution in [1.29, 1.82) is 0 Å². The van der Waals surface area contributed by atoms with Gasteiger partial charge in [-0.1, -0.05) is 11.3 Å². The largest absolute Gasteiger partial charge is 0.342 e. The Labute approximate surface area is 114 Å². The van der Waals surface area contributed by atoms with Gasteiger partial charge in [-0.15, -0.1) is 10.2 Å². The number of hydrogen-bond acceptors (Lipinski definition) is 5. The Hall–Kier alpha value is -2.77. The van der Waals surface area contributed by atoms with Crippen molar-refractivity contribution in [3.05, 3.63) is 35.2 Å². The summed E-state index contributed by atoms with van der Waals surface area (Å²) in [6.07, 6.45) is 0.358. The van der Waals surface area contributed by atoms with E-state index in [-0.39, 0.29) is 17.9 Å². The third-order valence-electron chi connectivity index (χ3n) is 3.09. The minimum absolute atomic E-state index is 0.0577. The highest BCUT2D eigenvalue weighted by Gasteiger charge is 2.20. The minimum atomic E-state index is -0.357. The number of benzene rings is 1. The average Bonchev–Trinajstić information content (AvgIpc) is 3.05. The van der Waals surface area contributed by atoms with Crippen LogP contribution in [0.1, 0.15) is 34.7 Å². The molecule has 0 bridgehead atoms. The molecular formula is C12H12N6O2. The van der Waals surface area contributed by atoms with Crippen LogP contribution in [0.2, 0.25) is 0 Å². The maximum Gasteiger partial charge on any atom is 0.251 e. The second kappa shape index (κ2) is 4.72. The SMILES string of the molecule is CC(NC(=O)c1ccc2c(c1)NC(=O)C2)c1nn[nH]n1. The molecule has 2 amide bonds. The first-order valence-electron chi connectivity index (χ1n) is 6.10. The number of carbonyl (C=O) groups excluding carboxylic acids is 2. The molecule has 1 aliphatic heterocycles. The van der Waals surface area contributed by atoms with E-state index in [9.17, 15) is 9.59 Å². The van der Waals surface area contributed by atoms with Gasteiger partial charge in [-0.05, 0) is 24.6 Å². The molecular weight excluding hydrogens is 260 g/mol. The van der Waals surface area contributed by atoms with Gasteiger partial charge in [-0.3, -0.25) is 9.59 Å². The summed E-state index contributed by atoms with van der Waals surface area (Å²) < 4.78 is 0. The number of nitrogens with zero attached hydrogens (tertiary/aromatic N) is 3. The third kappa shape index (κ3) is 2.22. The number of nitrogens with one attached hydrogen (secondary N) is 3. The van der Waals surface area contributed by atoms with Gasteiger partial charge in [0.1, 0.15) is 0 Å². The van der Waals surface area contributed by atoms with E-state index in [1.165, 1.54) is 0 Å². The average molecular weight is 272 g/mol. The molecule has 8 heteroatoms. The normalized spacial score (nSPS) is 14.6. The summed E-state index contributed by atoms with van der Waals surface area (Å²) in [5, 5.41) is 18.9. The van der Waals surface area contributed by atoms with Crippen molar-refractivity contribution < 1.29 is 9.59 Å². The number of hydrogen-bond donors (Lipinski definition) is 3. The van der Waals surface area contributed by atoms with Crippen LogP contribution in [-0.2, 0) is 11.2 Å². The van der Waals surface area contributed by atoms with E-state index in [4.69, 9.17) is 0 Å². The quantitative estimate of drug-likeness (QED) is 0.738. The monoisotopic (exact) mass is 272 g/mol. The van der Waals surface area contributed by atoms with Crippen molar-refractivity contribution in [1.82, 2.24) is 25.9 Å². The van der Waals surface area contributed by atoms with Crippen molar-refractivity contribution in [2.24, 2.45) is 0 Å². The molecule has 3 rings (SSSR count). The first-order chi connectivity index (χ1) is 9.63. The topological polar surface area (TPSA) is 113 Å². The number of tetrazole rings is 1. The van der Waals surface area contributed by atoms with Gasteiger partial charge in [0.25, 0.3) is 5.91 Å². The number of amides is 2. The van der Waals surface area contributed by atoms with E-state index in [2.05, 4.69) is 31.3 Å². The number of rotatable bonds is 3. The predicted octanol–water partition coefficient (Wildman–Crippen LogP) is 0.185. The molecule has 2 heterocycles. The smallest absolute Gasteiger partial charge is 0.251 e. The lowest BCUT2D eigenvalue weighted by Gasteiger charge is -2.10. The van der Waals surface area contributed by atoms with Crippen molar-refractivity contribution in [3.8, 4) is 0 Å². The number of aromatic nitrogens is 4. The zero-order chi connectivity index (χ0) is 14.1. The van der Waals surface area contributed by atoms with E-state index >= 15 is 0 Å². The molecule has 0 saturated carbocycles. The van der Waals surface area contributed by atoms with Crippen molar-refractivity contribution >= 4 is 17.5 Å². The van der Waals surface area contributed by atoms with Gasteiger partial charge in [0, 0.05) is 11.3 Å². The molecule has 3 N–H and O–H groups in total. The van der Waals surface area contributed by atoms with Crippen LogP contribution >= 0.6 is 0 Å². The standard InChI is InChI=1S/C12H12N6O2/c1-6(11-15-17-18-16-11)13-12(20)8-3-2-7-5-10(19)14-9(7)4-8/h2-4,6H,5H2,1H3,(H,13,20)(H,14,19)(H,15,16,17,18). The predicted molar refractivity (Wildman–Crippen MR) is 68.8 cm³/mol. The first kappa shape index (κ1) is 12.3. The fraction of sp³-hybridized carbons (Fsp3) is 0.250. The van der Waals surface area contributed by atoms with E-state index in [1.807, 2.05) is 0 Å². The van der Waals surface area contributed by atoms with Gasteiger partial charge in [-0.2, -0.15) is 5.21 Å². The van der Waals surface area contributed by atoms with Crippen LogP contribution in [-0.4, -0.2) is 32.4 Å². The fourth-order valence-electron chi connectivity index (χ4n) is 2.05. The summed E-state index contributed by atoms with van der Waals surface area (Å²) in [6, 6.07) is 4.78. The van der Waals surface area contributed by atoms with E-state index in [1.54, 1.807) is 25.1 Å². The fourth-order valence-corrected chi connectivity index (χ4v) is 2.05. The third-order valence-corrected chi connectivity index (χ3v) is 3.09. The van der Waals surface area contributed by atoms with Gasteiger partial charge in [0.05, 0.1) is 12.5 Å². The first-order valence-corrected chi connectivity index (χ1v) is 6.10. The minimum Gasteiger partial charge on any atom is -0.342 e. The van der Waals surface area contributed by atoms with Crippen LogP contribution in [0, 0.1) is 0 Å². The highest BCUT2D eigenvalue weighted by molar-refractivity contribution is 6.02. The van der Waals surface area contributed by atoms with Crippen LogP contribution < -0.4 is 10.6 Å². The van der Waals surface area contributed by atoms with Crippen LogP contribution in [0.3, 0.4) is 0 Å². The molecule has 0 aliphatic carbocycles.